The van der Waals surface area contributed by atoms with Gasteiger partial charge in [0.2, 0.25) is 5.90 Å². The third kappa shape index (κ3) is 5.14. The van der Waals surface area contributed by atoms with Crippen molar-refractivity contribution in [3.8, 4) is 0 Å². The molecule has 3 atom stereocenters. The third-order valence-corrected chi connectivity index (χ3v) is 4.41. The monoisotopic (exact) mass is 355 g/mol. The summed E-state index contributed by atoms with van der Waals surface area (Å²) in [5.74, 6) is 0.129. The van der Waals surface area contributed by atoms with Crippen LogP contribution in [0.3, 0.4) is 0 Å². The van der Waals surface area contributed by atoms with Gasteiger partial charge in [0, 0.05) is 6.42 Å². The lowest BCUT2D eigenvalue weighted by Gasteiger charge is -2.19. The molecule has 2 aromatic rings. The van der Waals surface area contributed by atoms with Crippen LogP contribution in [0.5, 0.6) is 0 Å². The van der Waals surface area contributed by atoms with Crippen LogP contribution in [0.4, 0.5) is 0 Å². The molecule has 2 aromatic carbocycles. The zero-order valence-corrected chi connectivity index (χ0v) is 15.0. The number of nitrogens with one attached hydrogen (secondary N) is 1. The summed E-state index contributed by atoms with van der Waals surface area (Å²) in [6, 6.07) is 20.1. The summed E-state index contributed by atoms with van der Waals surface area (Å²) in [6.45, 7) is 1.46. The van der Waals surface area contributed by atoms with Gasteiger partial charge in [-0.1, -0.05) is 60.7 Å². The highest BCUT2D eigenvalue weighted by atomic mass is 16.6. The molecule has 0 aromatic heterocycles. The minimum Gasteiger partial charge on any atom is -0.483 e. The van der Waals surface area contributed by atoms with Gasteiger partial charge in [-0.25, -0.2) is 0 Å². The van der Waals surface area contributed by atoms with Gasteiger partial charge >= 0.3 is 0 Å². The molecule has 1 heterocycles. The lowest BCUT2D eigenvalue weighted by molar-refractivity contribution is -0.0657. The molecule has 0 amide bonds. The van der Waals surface area contributed by atoms with E-state index in [1.54, 1.807) is 0 Å². The van der Waals surface area contributed by atoms with E-state index in [1.807, 2.05) is 60.7 Å². The van der Waals surface area contributed by atoms with E-state index in [-0.39, 0.29) is 24.2 Å². The molecule has 0 spiro atoms. The Labute approximate surface area is 154 Å². The fourth-order valence-electron chi connectivity index (χ4n) is 2.98. The van der Waals surface area contributed by atoms with Crippen molar-refractivity contribution >= 4 is 5.90 Å². The van der Waals surface area contributed by atoms with Crippen molar-refractivity contribution in [2.75, 3.05) is 13.7 Å². The number of benzene rings is 2. The molecule has 1 aliphatic rings. The molecular formula is C21H25NO4. The van der Waals surface area contributed by atoms with Crippen LogP contribution in [0.15, 0.2) is 60.7 Å². The van der Waals surface area contributed by atoms with E-state index in [1.165, 1.54) is 7.11 Å². The molecular weight excluding hydrogens is 330 g/mol. The summed E-state index contributed by atoms with van der Waals surface area (Å²) in [4.78, 5) is 0. The number of rotatable bonds is 8. The Morgan fingerprint density at radius 1 is 1.00 bits per heavy atom. The maximum Gasteiger partial charge on any atom is 0.210 e. The van der Waals surface area contributed by atoms with Gasteiger partial charge in [0.25, 0.3) is 0 Å². The predicted octanol–water partition coefficient (Wildman–Crippen LogP) is 3.57. The molecule has 0 aliphatic carbocycles. The van der Waals surface area contributed by atoms with Gasteiger partial charge in [0.05, 0.1) is 33.0 Å². The molecule has 0 saturated carbocycles. The highest BCUT2D eigenvalue weighted by molar-refractivity contribution is 5.77. The Morgan fingerprint density at radius 3 is 2.23 bits per heavy atom. The lowest BCUT2D eigenvalue weighted by atomic mass is 10.1. The van der Waals surface area contributed by atoms with Crippen LogP contribution in [-0.4, -0.2) is 37.9 Å². The van der Waals surface area contributed by atoms with E-state index in [4.69, 9.17) is 24.4 Å². The fourth-order valence-corrected chi connectivity index (χ4v) is 2.98. The molecule has 0 bridgehead atoms. The highest BCUT2D eigenvalue weighted by Gasteiger charge is 2.38. The topological polar surface area (TPSA) is 60.8 Å². The number of ether oxygens (including phenoxy) is 4. The zero-order chi connectivity index (χ0) is 18.2. The molecule has 1 aliphatic heterocycles. The summed E-state index contributed by atoms with van der Waals surface area (Å²) in [6.07, 6.45) is -0.140. The van der Waals surface area contributed by atoms with Crippen molar-refractivity contribution in [2.45, 2.75) is 37.9 Å². The summed E-state index contributed by atoms with van der Waals surface area (Å²) in [7, 11) is 1.49. The van der Waals surface area contributed by atoms with E-state index in [0.717, 1.165) is 11.1 Å². The Hall–Kier alpha value is -2.21. The Balaban J connectivity index is 1.55. The number of hydrogen-bond donors (Lipinski definition) is 1. The van der Waals surface area contributed by atoms with E-state index in [2.05, 4.69) is 0 Å². The van der Waals surface area contributed by atoms with E-state index in [0.29, 0.717) is 26.2 Å². The van der Waals surface area contributed by atoms with Gasteiger partial charge in [-0.3, -0.25) is 5.41 Å². The normalized spacial score (nSPS) is 22.3. The van der Waals surface area contributed by atoms with Gasteiger partial charge in [0.15, 0.2) is 0 Å². The first-order valence-electron chi connectivity index (χ1n) is 8.81. The van der Waals surface area contributed by atoms with Crippen molar-refractivity contribution in [1.82, 2.24) is 0 Å². The maximum atomic E-state index is 7.88. The minimum absolute atomic E-state index is 0.129. The van der Waals surface area contributed by atoms with Crippen LogP contribution in [-0.2, 0) is 32.2 Å². The minimum atomic E-state index is -0.383. The van der Waals surface area contributed by atoms with Crippen molar-refractivity contribution in [1.29, 1.82) is 5.41 Å². The van der Waals surface area contributed by atoms with Crippen LogP contribution in [0.25, 0.3) is 0 Å². The first kappa shape index (κ1) is 18.6. The molecule has 5 heteroatoms. The molecule has 1 N–H and O–H groups in total. The second-order valence-corrected chi connectivity index (χ2v) is 6.30. The summed E-state index contributed by atoms with van der Waals surface area (Å²) in [5, 5.41) is 7.88. The van der Waals surface area contributed by atoms with Crippen LogP contribution in [0, 0.1) is 5.41 Å². The molecule has 5 nitrogen and oxygen atoms in total. The van der Waals surface area contributed by atoms with Crippen molar-refractivity contribution in [3.05, 3.63) is 71.8 Å². The quantitative estimate of drug-likeness (QED) is 0.581. The molecule has 0 unspecified atom stereocenters. The van der Waals surface area contributed by atoms with Crippen molar-refractivity contribution in [3.63, 3.8) is 0 Å². The maximum absolute atomic E-state index is 7.88. The Morgan fingerprint density at radius 2 is 1.62 bits per heavy atom. The molecule has 26 heavy (non-hydrogen) atoms. The second-order valence-electron chi connectivity index (χ2n) is 6.30. The molecule has 1 saturated heterocycles. The Kier molecular flexibility index (Phi) is 6.77. The summed E-state index contributed by atoms with van der Waals surface area (Å²) >= 11 is 0. The predicted molar refractivity (Wildman–Crippen MR) is 99.1 cm³/mol. The van der Waals surface area contributed by atoms with Gasteiger partial charge in [0.1, 0.15) is 12.2 Å². The van der Waals surface area contributed by atoms with Crippen molar-refractivity contribution < 1.29 is 18.9 Å². The molecule has 0 radical (unpaired) electrons. The zero-order valence-electron chi connectivity index (χ0n) is 15.0. The van der Waals surface area contributed by atoms with Gasteiger partial charge in [-0.2, -0.15) is 0 Å². The molecule has 1 fully saturated rings. The van der Waals surface area contributed by atoms with E-state index in [9.17, 15) is 0 Å². The lowest BCUT2D eigenvalue weighted by Crippen LogP contribution is -2.29. The Bertz CT molecular complexity index is 677. The number of methoxy groups -OCH3 is 1. The molecule has 138 valence electrons. The summed E-state index contributed by atoms with van der Waals surface area (Å²) in [5.41, 5.74) is 2.23. The molecule has 3 rings (SSSR count). The standard InChI is InChI=1S/C21H25NO4/c1-23-21(22)19-12-18(25-14-17-10-6-3-7-11-17)20(26-19)15-24-13-16-8-4-2-5-9-16/h2-11,18-20,22H,12-15H2,1H3/t18-,19-,20+/m0/s1. The fraction of sp³-hybridized carbons (Fsp3) is 0.381. The van der Waals surface area contributed by atoms with Gasteiger partial charge < -0.3 is 18.9 Å². The van der Waals surface area contributed by atoms with E-state index >= 15 is 0 Å². The van der Waals surface area contributed by atoms with Gasteiger partial charge in [-0.05, 0) is 11.1 Å². The summed E-state index contributed by atoms with van der Waals surface area (Å²) < 4.78 is 22.9. The van der Waals surface area contributed by atoms with Crippen molar-refractivity contribution in [2.24, 2.45) is 0 Å². The SMILES string of the molecule is COC(=N)[C@@H]1C[C@H](OCc2ccccc2)[C@@H](COCc2ccccc2)O1. The third-order valence-electron chi connectivity index (χ3n) is 4.41. The average molecular weight is 355 g/mol. The van der Waals surface area contributed by atoms with Crippen LogP contribution >= 0.6 is 0 Å². The van der Waals surface area contributed by atoms with Crippen LogP contribution in [0.2, 0.25) is 0 Å². The van der Waals surface area contributed by atoms with E-state index < -0.39 is 0 Å². The first-order valence-corrected chi connectivity index (χ1v) is 8.81. The number of hydrogen-bond acceptors (Lipinski definition) is 5. The first-order chi connectivity index (χ1) is 12.8. The smallest absolute Gasteiger partial charge is 0.210 e. The largest absolute Gasteiger partial charge is 0.483 e. The van der Waals surface area contributed by atoms with Crippen LogP contribution in [0.1, 0.15) is 17.5 Å². The second kappa shape index (κ2) is 9.48. The average Bonchev–Trinajstić information content (AvgIpc) is 3.10. The highest BCUT2D eigenvalue weighted by Crippen LogP contribution is 2.26. The van der Waals surface area contributed by atoms with Gasteiger partial charge in [-0.15, -0.1) is 0 Å². The van der Waals surface area contributed by atoms with Crippen LogP contribution < -0.4 is 0 Å².